The summed E-state index contributed by atoms with van der Waals surface area (Å²) >= 11 is 1.25. The Morgan fingerprint density at radius 2 is 1.91 bits per heavy atom. The van der Waals surface area contributed by atoms with Gasteiger partial charge in [0.05, 0.1) is 0 Å². The molecule has 2 heterocycles. The van der Waals surface area contributed by atoms with E-state index in [4.69, 9.17) is 0 Å². The first-order chi connectivity index (χ1) is 15.5. The molecular weight excluding hydrogens is 438 g/mol. The predicted molar refractivity (Wildman–Crippen MR) is 128 cm³/mol. The third-order valence-corrected chi connectivity index (χ3v) is 7.31. The highest BCUT2D eigenvalue weighted by molar-refractivity contribution is 7.18. The number of anilines is 1. The Balaban J connectivity index is 1.41. The number of imide groups is 1. The largest absolute Gasteiger partial charge is 0.325 e. The highest BCUT2D eigenvalue weighted by Gasteiger charge is 2.56. The Bertz CT molecular complexity index is 1080. The Kier molecular flexibility index (Phi) is 6.03. The molecule has 1 spiro atoms. The summed E-state index contributed by atoms with van der Waals surface area (Å²) in [6.07, 6.45) is 2.16. The maximum absolute atomic E-state index is 13.2. The van der Waals surface area contributed by atoms with Crippen LogP contribution < -0.4 is 10.6 Å². The number of urea groups is 1. The lowest BCUT2D eigenvalue weighted by Crippen LogP contribution is -2.54. The number of rotatable bonds is 5. The molecule has 2 unspecified atom stereocenters. The lowest BCUT2D eigenvalue weighted by atomic mass is 9.64. The molecule has 4 rings (SSSR count). The van der Waals surface area contributed by atoms with Gasteiger partial charge >= 0.3 is 6.03 Å². The van der Waals surface area contributed by atoms with Crippen LogP contribution in [0.25, 0.3) is 10.6 Å². The first-order valence-corrected chi connectivity index (χ1v) is 12.2. The van der Waals surface area contributed by atoms with Crippen molar-refractivity contribution in [3.63, 3.8) is 0 Å². The smallest absolute Gasteiger partial charge is 0.323 e. The van der Waals surface area contributed by atoms with Crippen molar-refractivity contribution >= 4 is 34.3 Å². The van der Waals surface area contributed by atoms with E-state index in [1.54, 1.807) is 0 Å². The van der Waals surface area contributed by atoms with Crippen molar-refractivity contribution in [1.82, 2.24) is 20.4 Å². The van der Waals surface area contributed by atoms with E-state index in [0.717, 1.165) is 16.9 Å². The van der Waals surface area contributed by atoms with E-state index in [1.165, 1.54) is 16.9 Å². The zero-order chi connectivity index (χ0) is 24.0. The molecule has 2 aromatic rings. The molecule has 1 aromatic heterocycles. The van der Waals surface area contributed by atoms with Gasteiger partial charge in [0.25, 0.3) is 5.91 Å². The summed E-state index contributed by atoms with van der Waals surface area (Å²) in [6.45, 7) is 10.2. The highest BCUT2D eigenvalue weighted by Crippen LogP contribution is 2.46. The van der Waals surface area contributed by atoms with Crippen molar-refractivity contribution in [2.24, 2.45) is 11.3 Å². The number of benzene rings is 1. The molecule has 1 saturated carbocycles. The van der Waals surface area contributed by atoms with E-state index in [-0.39, 0.29) is 17.9 Å². The maximum Gasteiger partial charge on any atom is 0.325 e. The zero-order valence-corrected chi connectivity index (χ0v) is 20.6. The van der Waals surface area contributed by atoms with Crippen LogP contribution in [0.3, 0.4) is 0 Å². The number of carbonyl (C=O) groups excluding carboxylic acids is 3. The quantitative estimate of drug-likeness (QED) is 0.632. The van der Waals surface area contributed by atoms with Crippen LogP contribution >= 0.6 is 11.3 Å². The summed E-state index contributed by atoms with van der Waals surface area (Å²) in [4.78, 5) is 39.5. The van der Waals surface area contributed by atoms with E-state index < -0.39 is 17.5 Å². The number of nitrogens with one attached hydrogen (secondary N) is 2. The standard InChI is InChI=1S/C24H31N5O3S/c1-14(2)16-6-8-17(9-7-16)19-27-28-21(33-19)25-18(30)12-29-20(31)24(26-22(29)32)11-15(3)10-23(4,5)13-24/h6-9,14-15H,10-13H2,1-5H3,(H,26,32)(H,25,28,30). The van der Waals surface area contributed by atoms with Crippen molar-refractivity contribution < 1.29 is 14.4 Å². The summed E-state index contributed by atoms with van der Waals surface area (Å²) < 4.78 is 0. The molecule has 1 aromatic carbocycles. The fourth-order valence-corrected chi connectivity index (χ4v) is 6.12. The molecule has 2 N–H and O–H groups in total. The minimum absolute atomic E-state index is 0.0603. The summed E-state index contributed by atoms with van der Waals surface area (Å²) in [7, 11) is 0. The fourth-order valence-electron chi connectivity index (χ4n) is 5.35. The Labute approximate surface area is 198 Å². The minimum atomic E-state index is -0.920. The second-order valence-corrected chi connectivity index (χ2v) is 11.5. The second-order valence-electron chi connectivity index (χ2n) is 10.5. The monoisotopic (exact) mass is 469 g/mol. The van der Waals surface area contributed by atoms with Crippen LogP contribution in [-0.2, 0) is 9.59 Å². The van der Waals surface area contributed by atoms with Gasteiger partial charge in [0.15, 0.2) is 0 Å². The number of carbonyl (C=O) groups is 3. The maximum atomic E-state index is 13.2. The number of hydrogen-bond donors (Lipinski definition) is 2. The molecule has 33 heavy (non-hydrogen) atoms. The second kappa shape index (κ2) is 8.52. The Hall–Kier alpha value is -2.81. The van der Waals surface area contributed by atoms with E-state index in [1.807, 2.05) is 12.1 Å². The third-order valence-electron chi connectivity index (χ3n) is 6.42. The number of nitrogens with zero attached hydrogens (tertiary/aromatic N) is 3. The van der Waals surface area contributed by atoms with Crippen LogP contribution in [0.4, 0.5) is 9.93 Å². The van der Waals surface area contributed by atoms with Crippen LogP contribution in [0.2, 0.25) is 0 Å². The summed E-state index contributed by atoms with van der Waals surface area (Å²) in [5, 5.41) is 14.8. The van der Waals surface area contributed by atoms with Crippen molar-refractivity contribution in [3.05, 3.63) is 29.8 Å². The Morgan fingerprint density at radius 1 is 1.21 bits per heavy atom. The van der Waals surface area contributed by atoms with Crippen LogP contribution in [0.15, 0.2) is 24.3 Å². The van der Waals surface area contributed by atoms with Crippen molar-refractivity contribution in [3.8, 4) is 10.6 Å². The molecule has 8 nitrogen and oxygen atoms in total. The van der Waals surface area contributed by atoms with Crippen molar-refractivity contribution in [2.75, 3.05) is 11.9 Å². The summed E-state index contributed by atoms with van der Waals surface area (Å²) in [5.41, 5.74) is 1.17. The molecule has 4 amide bonds. The van der Waals surface area contributed by atoms with E-state index in [9.17, 15) is 14.4 Å². The van der Waals surface area contributed by atoms with E-state index in [0.29, 0.717) is 34.8 Å². The van der Waals surface area contributed by atoms with Gasteiger partial charge in [-0.15, -0.1) is 10.2 Å². The lowest BCUT2D eigenvalue weighted by Gasteiger charge is -2.43. The van der Waals surface area contributed by atoms with Gasteiger partial charge in [-0.3, -0.25) is 19.8 Å². The fraction of sp³-hybridized carbons (Fsp3) is 0.542. The van der Waals surface area contributed by atoms with Gasteiger partial charge in [-0.1, -0.05) is 70.2 Å². The molecular formula is C24H31N5O3S. The molecule has 0 radical (unpaired) electrons. The predicted octanol–water partition coefficient (Wildman–Crippen LogP) is 4.40. The SMILES string of the molecule is CC1CC(C)(C)CC2(C1)NC(=O)N(CC(=O)Nc1nnc(-c3ccc(C(C)C)cc3)s1)C2=O. The van der Waals surface area contributed by atoms with Gasteiger partial charge in [-0.25, -0.2) is 4.79 Å². The van der Waals surface area contributed by atoms with Gasteiger partial charge in [0, 0.05) is 5.56 Å². The molecule has 1 saturated heterocycles. The molecule has 176 valence electrons. The summed E-state index contributed by atoms with van der Waals surface area (Å²) in [5.74, 6) is -0.0426. The third kappa shape index (κ3) is 4.78. The van der Waals surface area contributed by atoms with Crippen molar-refractivity contribution in [2.45, 2.75) is 65.3 Å². The number of aromatic nitrogens is 2. The molecule has 2 aliphatic rings. The van der Waals surface area contributed by atoms with E-state index >= 15 is 0 Å². The van der Waals surface area contributed by atoms with Gasteiger partial charge in [0.1, 0.15) is 17.1 Å². The molecule has 9 heteroatoms. The van der Waals surface area contributed by atoms with Gasteiger partial charge in [-0.2, -0.15) is 0 Å². The first kappa shape index (κ1) is 23.4. The number of hydrogen-bond acceptors (Lipinski definition) is 6. The number of amides is 4. The lowest BCUT2D eigenvalue weighted by molar-refractivity contribution is -0.136. The first-order valence-electron chi connectivity index (χ1n) is 11.4. The minimum Gasteiger partial charge on any atom is -0.323 e. The molecule has 1 aliphatic carbocycles. The van der Waals surface area contributed by atoms with Crippen LogP contribution in [-0.4, -0.2) is 45.0 Å². The summed E-state index contributed by atoms with van der Waals surface area (Å²) in [6, 6.07) is 7.57. The van der Waals surface area contributed by atoms with Crippen LogP contribution in [0, 0.1) is 11.3 Å². The zero-order valence-electron chi connectivity index (χ0n) is 19.8. The van der Waals surface area contributed by atoms with Gasteiger partial charge in [-0.05, 0) is 42.1 Å². The van der Waals surface area contributed by atoms with Crippen LogP contribution in [0.5, 0.6) is 0 Å². The average Bonchev–Trinajstić information content (AvgIpc) is 3.25. The topological polar surface area (TPSA) is 104 Å². The van der Waals surface area contributed by atoms with Crippen LogP contribution in [0.1, 0.15) is 65.4 Å². The van der Waals surface area contributed by atoms with Gasteiger partial charge in [0.2, 0.25) is 11.0 Å². The van der Waals surface area contributed by atoms with Gasteiger partial charge < -0.3 is 5.32 Å². The molecule has 2 atom stereocenters. The molecule has 0 bridgehead atoms. The average molecular weight is 470 g/mol. The normalized spacial score (nSPS) is 24.4. The molecule has 1 aliphatic heterocycles. The molecule has 2 fully saturated rings. The van der Waals surface area contributed by atoms with Crippen molar-refractivity contribution in [1.29, 1.82) is 0 Å². The Morgan fingerprint density at radius 3 is 2.55 bits per heavy atom. The van der Waals surface area contributed by atoms with E-state index in [2.05, 4.69) is 67.6 Å². The highest BCUT2D eigenvalue weighted by atomic mass is 32.1.